The van der Waals surface area contributed by atoms with Crippen LogP contribution in [0.2, 0.25) is 0 Å². The van der Waals surface area contributed by atoms with Crippen molar-refractivity contribution in [2.75, 3.05) is 33.3 Å². The molecule has 1 aliphatic rings. The zero-order valence-corrected chi connectivity index (χ0v) is 15.7. The molecule has 0 bridgehead atoms. The van der Waals surface area contributed by atoms with Crippen molar-refractivity contribution < 1.29 is 14.3 Å². The predicted molar refractivity (Wildman–Crippen MR) is 99.7 cm³/mol. The second kappa shape index (κ2) is 9.68. The molecule has 2 atom stereocenters. The number of piperidine rings is 1. The molecule has 3 N–H and O–H groups in total. The third-order valence-corrected chi connectivity index (χ3v) is 5.37. The van der Waals surface area contributed by atoms with Gasteiger partial charge in [0, 0.05) is 31.1 Å². The molecule has 0 radical (unpaired) electrons. The molecule has 6 nitrogen and oxygen atoms in total. The van der Waals surface area contributed by atoms with Gasteiger partial charge in [0.2, 0.25) is 11.8 Å². The van der Waals surface area contributed by atoms with E-state index in [0.717, 1.165) is 23.5 Å². The normalized spacial score (nSPS) is 18.5. The Kier molecular flexibility index (Phi) is 7.58. The average Bonchev–Trinajstić information content (AvgIpc) is 2.66. The summed E-state index contributed by atoms with van der Waals surface area (Å²) in [7, 11) is 1.63. The summed E-state index contributed by atoms with van der Waals surface area (Å²) in [6.45, 7) is 4.02. The second-order valence-corrected chi connectivity index (χ2v) is 7.55. The van der Waals surface area contributed by atoms with Crippen molar-refractivity contribution in [2.45, 2.75) is 29.9 Å². The van der Waals surface area contributed by atoms with E-state index in [1.165, 1.54) is 11.8 Å². The first kappa shape index (κ1) is 19.6. The minimum Gasteiger partial charge on any atom is -0.497 e. The van der Waals surface area contributed by atoms with Gasteiger partial charge < -0.3 is 20.7 Å². The highest BCUT2D eigenvalue weighted by Gasteiger charge is 2.30. The Morgan fingerprint density at radius 2 is 2.12 bits per heavy atom. The van der Waals surface area contributed by atoms with Crippen LogP contribution in [0.3, 0.4) is 0 Å². The van der Waals surface area contributed by atoms with Crippen molar-refractivity contribution in [1.29, 1.82) is 0 Å². The van der Waals surface area contributed by atoms with Gasteiger partial charge in [-0.05, 0) is 44.0 Å². The van der Waals surface area contributed by atoms with Crippen LogP contribution in [0.1, 0.15) is 19.8 Å². The minimum absolute atomic E-state index is 0.00147. The monoisotopic (exact) mass is 365 g/mol. The van der Waals surface area contributed by atoms with Gasteiger partial charge in [0.05, 0.1) is 18.3 Å². The van der Waals surface area contributed by atoms with E-state index in [2.05, 4.69) is 5.32 Å². The summed E-state index contributed by atoms with van der Waals surface area (Å²) in [4.78, 5) is 27.7. The smallest absolute Gasteiger partial charge is 0.235 e. The first-order valence-electron chi connectivity index (χ1n) is 8.62. The van der Waals surface area contributed by atoms with Crippen LogP contribution in [-0.2, 0) is 9.59 Å². The summed E-state index contributed by atoms with van der Waals surface area (Å²) >= 11 is 1.52. The topological polar surface area (TPSA) is 84.7 Å². The summed E-state index contributed by atoms with van der Waals surface area (Å²) in [5.41, 5.74) is 5.42. The van der Waals surface area contributed by atoms with Crippen LogP contribution in [0.25, 0.3) is 0 Å². The van der Waals surface area contributed by atoms with Gasteiger partial charge in [-0.25, -0.2) is 0 Å². The molecule has 7 heteroatoms. The number of likely N-dealkylation sites (tertiary alicyclic amines) is 1. The van der Waals surface area contributed by atoms with Crippen LogP contribution in [-0.4, -0.2) is 55.3 Å². The lowest BCUT2D eigenvalue weighted by Gasteiger charge is -2.33. The minimum atomic E-state index is -0.195. The summed E-state index contributed by atoms with van der Waals surface area (Å²) in [6, 6.07) is 7.68. The number of nitrogens with zero attached hydrogens (tertiary/aromatic N) is 1. The number of rotatable bonds is 7. The zero-order valence-electron chi connectivity index (χ0n) is 14.9. The van der Waals surface area contributed by atoms with Gasteiger partial charge in [0.15, 0.2) is 0 Å². The number of benzene rings is 1. The van der Waals surface area contributed by atoms with E-state index < -0.39 is 0 Å². The van der Waals surface area contributed by atoms with Gasteiger partial charge in [0.1, 0.15) is 5.75 Å². The molecular weight excluding hydrogens is 338 g/mol. The fourth-order valence-corrected chi connectivity index (χ4v) is 3.85. The standard InChI is InChI=1S/C18H27N3O3S/c1-13(25-16-7-5-15(24-2)6-8-16)18(23)21-11-3-4-14(12-21)17(22)20-10-9-19/h5-8,13-14H,3-4,9-12,19H2,1-2H3,(H,20,22). The number of carbonyl (C=O) groups excluding carboxylic acids is 2. The van der Waals surface area contributed by atoms with Crippen LogP contribution in [0.15, 0.2) is 29.2 Å². The molecule has 2 unspecified atom stereocenters. The van der Waals surface area contributed by atoms with Crippen molar-refractivity contribution >= 4 is 23.6 Å². The Balaban J connectivity index is 1.90. The molecule has 2 amide bonds. The van der Waals surface area contributed by atoms with E-state index in [1.54, 1.807) is 7.11 Å². The largest absolute Gasteiger partial charge is 0.497 e. The molecule has 0 saturated carbocycles. The van der Waals surface area contributed by atoms with Crippen LogP contribution >= 0.6 is 11.8 Å². The van der Waals surface area contributed by atoms with Crippen LogP contribution in [0.5, 0.6) is 5.75 Å². The van der Waals surface area contributed by atoms with Crippen LogP contribution in [0.4, 0.5) is 0 Å². The lowest BCUT2D eigenvalue weighted by molar-refractivity contribution is -0.135. The summed E-state index contributed by atoms with van der Waals surface area (Å²) in [5, 5.41) is 2.63. The molecule has 0 aliphatic carbocycles. The van der Waals surface area contributed by atoms with E-state index in [0.29, 0.717) is 26.2 Å². The maximum Gasteiger partial charge on any atom is 0.235 e. The second-order valence-electron chi connectivity index (χ2n) is 6.14. The van der Waals surface area contributed by atoms with E-state index in [9.17, 15) is 9.59 Å². The highest BCUT2D eigenvalue weighted by Crippen LogP contribution is 2.27. The van der Waals surface area contributed by atoms with Gasteiger partial charge in [-0.1, -0.05) is 0 Å². The summed E-state index contributed by atoms with van der Waals surface area (Å²) in [6.07, 6.45) is 1.67. The number of hydrogen-bond donors (Lipinski definition) is 2. The number of amides is 2. The predicted octanol–water partition coefficient (Wildman–Crippen LogP) is 1.49. The third kappa shape index (κ3) is 5.64. The average molecular weight is 365 g/mol. The number of carbonyl (C=O) groups is 2. The molecule has 25 heavy (non-hydrogen) atoms. The molecule has 1 fully saturated rings. The highest BCUT2D eigenvalue weighted by molar-refractivity contribution is 8.00. The molecule has 0 spiro atoms. The lowest BCUT2D eigenvalue weighted by Crippen LogP contribution is -2.48. The van der Waals surface area contributed by atoms with Crippen molar-refractivity contribution in [3.63, 3.8) is 0 Å². The number of thioether (sulfide) groups is 1. The van der Waals surface area contributed by atoms with Gasteiger partial charge in [-0.15, -0.1) is 11.8 Å². The van der Waals surface area contributed by atoms with Crippen molar-refractivity contribution in [3.8, 4) is 5.75 Å². The fourth-order valence-electron chi connectivity index (χ4n) is 2.90. The fraction of sp³-hybridized carbons (Fsp3) is 0.556. The van der Waals surface area contributed by atoms with Crippen LogP contribution < -0.4 is 15.8 Å². The Morgan fingerprint density at radius 1 is 1.40 bits per heavy atom. The van der Waals surface area contributed by atoms with Gasteiger partial charge in [-0.3, -0.25) is 9.59 Å². The van der Waals surface area contributed by atoms with E-state index in [1.807, 2.05) is 36.1 Å². The van der Waals surface area contributed by atoms with Crippen molar-refractivity contribution in [1.82, 2.24) is 10.2 Å². The molecule has 1 saturated heterocycles. The van der Waals surface area contributed by atoms with E-state index in [4.69, 9.17) is 10.5 Å². The van der Waals surface area contributed by atoms with Gasteiger partial charge >= 0.3 is 0 Å². The molecule has 1 heterocycles. The maximum atomic E-state index is 12.7. The Bertz CT molecular complexity index is 579. The number of hydrogen-bond acceptors (Lipinski definition) is 5. The maximum absolute atomic E-state index is 12.7. The van der Waals surface area contributed by atoms with Crippen LogP contribution in [0, 0.1) is 5.92 Å². The highest BCUT2D eigenvalue weighted by atomic mass is 32.2. The summed E-state index contributed by atoms with van der Waals surface area (Å²) < 4.78 is 5.15. The molecule has 0 aromatic heterocycles. The molecular formula is C18H27N3O3S. The number of ether oxygens (including phenoxy) is 1. The quantitative estimate of drug-likeness (QED) is 0.715. The molecule has 1 aliphatic heterocycles. The molecule has 138 valence electrons. The Hall–Kier alpha value is -1.73. The van der Waals surface area contributed by atoms with Crippen molar-refractivity contribution in [2.24, 2.45) is 11.7 Å². The molecule has 2 rings (SSSR count). The van der Waals surface area contributed by atoms with E-state index >= 15 is 0 Å². The third-order valence-electron chi connectivity index (χ3n) is 4.27. The van der Waals surface area contributed by atoms with E-state index in [-0.39, 0.29) is 23.0 Å². The van der Waals surface area contributed by atoms with Crippen molar-refractivity contribution in [3.05, 3.63) is 24.3 Å². The first-order chi connectivity index (χ1) is 12.0. The lowest BCUT2D eigenvalue weighted by atomic mass is 9.97. The summed E-state index contributed by atoms with van der Waals surface area (Å²) in [5.74, 6) is 0.740. The number of nitrogens with two attached hydrogens (primary N) is 1. The zero-order chi connectivity index (χ0) is 18.2. The number of nitrogens with one attached hydrogen (secondary N) is 1. The van der Waals surface area contributed by atoms with Gasteiger partial charge in [-0.2, -0.15) is 0 Å². The van der Waals surface area contributed by atoms with Gasteiger partial charge in [0.25, 0.3) is 0 Å². The Morgan fingerprint density at radius 3 is 2.76 bits per heavy atom. The molecule has 1 aromatic carbocycles. The Labute approximate surface area is 153 Å². The first-order valence-corrected chi connectivity index (χ1v) is 9.50. The number of methoxy groups -OCH3 is 1. The molecule has 1 aromatic rings. The SMILES string of the molecule is COc1ccc(SC(C)C(=O)N2CCCC(C(=O)NCCN)C2)cc1.